The highest BCUT2D eigenvalue weighted by atomic mass is 32.1. The summed E-state index contributed by atoms with van der Waals surface area (Å²) in [5.41, 5.74) is 4.35. The molecule has 2 aromatic heterocycles. The second-order valence-electron chi connectivity index (χ2n) is 7.01. The van der Waals surface area contributed by atoms with Gasteiger partial charge in [0.25, 0.3) is 5.56 Å². The Kier molecular flexibility index (Phi) is 4.41. The summed E-state index contributed by atoms with van der Waals surface area (Å²) in [5.74, 6) is 1.58. The zero-order valence-corrected chi connectivity index (χ0v) is 15.2. The van der Waals surface area contributed by atoms with Crippen LogP contribution in [0.15, 0.2) is 10.3 Å². The number of fused-ring (bicyclic) bond motifs is 1. The summed E-state index contributed by atoms with van der Waals surface area (Å²) in [6.07, 6.45) is 5.10. The van der Waals surface area contributed by atoms with Crippen molar-refractivity contribution in [1.82, 2.24) is 19.9 Å². The molecular formula is C18H22N4O2S. The molecule has 0 radical (unpaired) electrons. The molecule has 3 heterocycles. The number of aromatic nitrogens is 3. The number of hydrogen-bond acceptors (Lipinski definition) is 5. The molecule has 0 spiro atoms. The highest BCUT2D eigenvalue weighted by Crippen LogP contribution is 2.31. The van der Waals surface area contributed by atoms with Crippen molar-refractivity contribution in [1.29, 1.82) is 0 Å². The lowest BCUT2D eigenvalue weighted by Gasteiger charge is -2.28. The fraction of sp³-hybridized carbons (Fsp3) is 0.556. The Bertz CT molecular complexity index is 853. The van der Waals surface area contributed by atoms with Crippen LogP contribution in [-0.2, 0) is 30.6 Å². The molecule has 1 aliphatic heterocycles. The largest absolute Gasteiger partial charge is 0.336 e. The maximum Gasteiger partial charge on any atom is 0.254 e. The number of nitrogens with zero attached hydrogens (tertiary/aromatic N) is 3. The number of amides is 1. The van der Waals surface area contributed by atoms with Crippen molar-refractivity contribution in [3.63, 3.8) is 0 Å². The molecule has 25 heavy (non-hydrogen) atoms. The van der Waals surface area contributed by atoms with Crippen LogP contribution >= 0.6 is 11.3 Å². The van der Waals surface area contributed by atoms with E-state index in [-0.39, 0.29) is 11.5 Å². The fourth-order valence-corrected chi connectivity index (χ4v) is 4.12. The molecule has 0 saturated heterocycles. The Hall–Kier alpha value is -2.02. The van der Waals surface area contributed by atoms with Crippen LogP contribution in [0.5, 0.6) is 0 Å². The molecule has 1 fully saturated rings. The summed E-state index contributed by atoms with van der Waals surface area (Å²) in [4.78, 5) is 39.7. The Morgan fingerprint density at radius 2 is 2.28 bits per heavy atom. The van der Waals surface area contributed by atoms with Crippen LogP contribution < -0.4 is 5.56 Å². The van der Waals surface area contributed by atoms with E-state index in [1.54, 1.807) is 11.3 Å². The van der Waals surface area contributed by atoms with E-state index in [0.29, 0.717) is 31.8 Å². The number of carbonyl (C=O) groups is 1. The number of aryl methyl sites for hydroxylation is 2. The van der Waals surface area contributed by atoms with Crippen LogP contribution in [0.3, 0.4) is 0 Å². The van der Waals surface area contributed by atoms with E-state index in [4.69, 9.17) is 0 Å². The Balaban J connectivity index is 1.44. The summed E-state index contributed by atoms with van der Waals surface area (Å²) in [7, 11) is 0. The minimum atomic E-state index is -0.0203. The van der Waals surface area contributed by atoms with E-state index in [1.165, 1.54) is 17.7 Å². The van der Waals surface area contributed by atoms with Crippen LogP contribution in [0.4, 0.5) is 0 Å². The van der Waals surface area contributed by atoms with Gasteiger partial charge in [-0.05, 0) is 38.5 Å². The van der Waals surface area contributed by atoms with E-state index in [1.807, 2.05) is 17.3 Å². The smallest absolute Gasteiger partial charge is 0.254 e. The molecule has 2 aromatic rings. The predicted molar refractivity (Wildman–Crippen MR) is 95.6 cm³/mol. The molecule has 1 saturated carbocycles. The van der Waals surface area contributed by atoms with Gasteiger partial charge in [-0.15, -0.1) is 11.3 Å². The molecule has 0 bridgehead atoms. The first-order valence-electron chi connectivity index (χ1n) is 8.88. The van der Waals surface area contributed by atoms with Gasteiger partial charge in [0.1, 0.15) is 5.82 Å². The minimum absolute atomic E-state index is 0.0203. The molecule has 4 rings (SSSR count). The molecule has 1 amide bonds. The average Bonchev–Trinajstić information content (AvgIpc) is 3.31. The van der Waals surface area contributed by atoms with Crippen LogP contribution in [0.2, 0.25) is 0 Å². The normalized spacial score (nSPS) is 16.8. The Morgan fingerprint density at radius 3 is 3.00 bits per heavy atom. The topological polar surface area (TPSA) is 79.0 Å². The molecule has 7 heteroatoms. The van der Waals surface area contributed by atoms with Gasteiger partial charge in [0.15, 0.2) is 0 Å². The third-order valence-corrected chi connectivity index (χ3v) is 6.06. The molecular weight excluding hydrogens is 336 g/mol. The lowest BCUT2D eigenvalue weighted by Crippen LogP contribution is -2.39. The van der Waals surface area contributed by atoms with Gasteiger partial charge >= 0.3 is 0 Å². The molecule has 132 valence electrons. The zero-order valence-electron chi connectivity index (χ0n) is 14.4. The maximum atomic E-state index is 12.6. The van der Waals surface area contributed by atoms with Crippen molar-refractivity contribution in [2.24, 2.45) is 5.92 Å². The maximum absolute atomic E-state index is 12.6. The molecule has 1 aliphatic carbocycles. The molecule has 0 aromatic carbocycles. The number of H-pyrrole nitrogens is 1. The standard InChI is InChI=1S/C18H22N4O2S/c1-11-15(25-10-19-11)4-5-17(23)22-7-6-13-14(9-22)20-16(21-18(13)24)8-12-2-3-12/h10,12H,2-9H2,1H3,(H,20,21,24). The second-order valence-corrected chi connectivity index (χ2v) is 7.95. The van der Waals surface area contributed by atoms with Crippen molar-refractivity contribution in [3.05, 3.63) is 43.5 Å². The van der Waals surface area contributed by atoms with Gasteiger partial charge in [-0.1, -0.05) is 0 Å². The lowest BCUT2D eigenvalue weighted by atomic mass is 10.1. The van der Waals surface area contributed by atoms with Gasteiger partial charge in [0.05, 0.1) is 23.4 Å². The quantitative estimate of drug-likeness (QED) is 0.887. The number of aromatic amines is 1. The van der Waals surface area contributed by atoms with Crippen LogP contribution in [-0.4, -0.2) is 32.3 Å². The van der Waals surface area contributed by atoms with Crippen molar-refractivity contribution in [3.8, 4) is 0 Å². The fourth-order valence-electron chi connectivity index (χ4n) is 3.34. The molecule has 2 aliphatic rings. The average molecular weight is 358 g/mol. The molecule has 6 nitrogen and oxygen atoms in total. The lowest BCUT2D eigenvalue weighted by molar-refractivity contribution is -0.132. The predicted octanol–water partition coefficient (Wildman–Crippen LogP) is 2.00. The van der Waals surface area contributed by atoms with Crippen LogP contribution in [0, 0.1) is 12.8 Å². The number of carbonyl (C=O) groups excluding carboxylic acids is 1. The third kappa shape index (κ3) is 3.66. The minimum Gasteiger partial charge on any atom is -0.336 e. The van der Waals surface area contributed by atoms with Crippen molar-refractivity contribution < 1.29 is 4.79 Å². The van der Waals surface area contributed by atoms with Gasteiger partial charge < -0.3 is 9.88 Å². The summed E-state index contributed by atoms with van der Waals surface area (Å²) < 4.78 is 0. The highest BCUT2D eigenvalue weighted by Gasteiger charge is 2.27. The summed E-state index contributed by atoms with van der Waals surface area (Å²) in [6, 6.07) is 0. The van der Waals surface area contributed by atoms with Crippen molar-refractivity contribution >= 4 is 17.2 Å². The summed E-state index contributed by atoms with van der Waals surface area (Å²) in [5, 5.41) is 0. The van der Waals surface area contributed by atoms with Crippen LogP contribution in [0.25, 0.3) is 0 Å². The first-order valence-corrected chi connectivity index (χ1v) is 9.76. The second kappa shape index (κ2) is 6.71. The number of thiazole rings is 1. The molecule has 1 N–H and O–H groups in total. The molecule has 0 atom stereocenters. The first kappa shape index (κ1) is 16.4. The van der Waals surface area contributed by atoms with Crippen LogP contribution in [0.1, 0.15) is 46.9 Å². The summed E-state index contributed by atoms with van der Waals surface area (Å²) >= 11 is 1.60. The Labute approximate surface area is 150 Å². The number of hydrogen-bond donors (Lipinski definition) is 1. The SMILES string of the molecule is Cc1ncsc1CCC(=O)N1CCc2c(nc(CC3CC3)[nH]c2=O)C1. The number of rotatable bonds is 5. The highest BCUT2D eigenvalue weighted by molar-refractivity contribution is 7.09. The molecule has 0 unspecified atom stereocenters. The van der Waals surface area contributed by atoms with Crippen molar-refractivity contribution in [2.75, 3.05) is 6.54 Å². The van der Waals surface area contributed by atoms with Gasteiger partial charge in [0, 0.05) is 29.8 Å². The van der Waals surface area contributed by atoms with Crippen molar-refractivity contribution in [2.45, 2.75) is 52.0 Å². The van der Waals surface area contributed by atoms with E-state index < -0.39 is 0 Å². The van der Waals surface area contributed by atoms with E-state index in [2.05, 4.69) is 15.0 Å². The van der Waals surface area contributed by atoms with E-state index in [9.17, 15) is 9.59 Å². The van der Waals surface area contributed by atoms with Gasteiger partial charge in [-0.2, -0.15) is 0 Å². The van der Waals surface area contributed by atoms with Gasteiger partial charge in [-0.3, -0.25) is 9.59 Å². The van der Waals surface area contributed by atoms with E-state index in [0.717, 1.165) is 35.6 Å². The third-order valence-electron chi connectivity index (χ3n) is 5.06. The van der Waals surface area contributed by atoms with Gasteiger partial charge in [0.2, 0.25) is 5.91 Å². The first-order chi connectivity index (χ1) is 12.1. The summed E-state index contributed by atoms with van der Waals surface area (Å²) in [6.45, 7) is 3.03. The van der Waals surface area contributed by atoms with E-state index >= 15 is 0 Å². The monoisotopic (exact) mass is 358 g/mol. The Morgan fingerprint density at radius 1 is 1.44 bits per heavy atom. The van der Waals surface area contributed by atoms with Gasteiger partial charge in [-0.25, -0.2) is 9.97 Å². The number of nitrogens with one attached hydrogen (secondary N) is 1. The zero-order chi connectivity index (χ0) is 17.4.